The third kappa shape index (κ3) is 3.20. The first-order valence-corrected chi connectivity index (χ1v) is 7.47. The van der Waals surface area contributed by atoms with E-state index in [4.69, 9.17) is 5.11 Å². The highest BCUT2D eigenvalue weighted by Crippen LogP contribution is 2.30. The lowest BCUT2D eigenvalue weighted by Gasteiger charge is -2.01. The highest BCUT2D eigenvalue weighted by atomic mass is 32.1. The minimum Gasteiger partial charge on any atom is -0.481 e. The zero-order valence-corrected chi connectivity index (χ0v) is 12.3. The molecular formula is C17H12FNO2S. The minimum absolute atomic E-state index is 0.128. The molecule has 0 unspecified atom stereocenters. The normalized spacial score (nSPS) is 11.8. The van der Waals surface area contributed by atoms with Crippen LogP contribution in [0.5, 0.6) is 0 Å². The fourth-order valence-electron chi connectivity index (χ4n) is 2.12. The second-order valence-corrected chi connectivity index (χ2v) is 5.81. The summed E-state index contributed by atoms with van der Waals surface area (Å²) in [5.74, 6) is -1.25. The van der Waals surface area contributed by atoms with E-state index in [9.17, 15) is 9.18 Å². The van der Waals surface area contributed by atoms with Gasteiger partial charge in [-0.15, -0.1) is 11.3 Å². The summed E-state index contributed by atoms with van der Waals surface area (Å²) in [5.41, 5.74) is 2.20. The van der Waals surface area contributed by atoms with Gasteiger partial charge in [0.15, 0.2) is 0 Å². The quantitative estimate of drug-likeness (QED) is 0.774. The van der Waals surface area contributed by atoms with Crippen LogP contribution in [0.25, 0.3) is 21.9 Å². The Morgan fingerprint density at radius 1 is 1.18 bits per heavy atom. The Kier molecular flexibility index (Phi) is 3.98. The third-order valence-electron chi connectivity index (χ3n) is 3.12. The van der Waals surface area contributed by atoms with Crippen LogP contribution in [0.3, 0.4) is 0 Å². The number of aromatic nitrogens is 1. The van der Waals surface area contributed by atoms with Gasteiger partial charge in [0, 0.05) is 0 Å². The molecular weight excluding hydrogens is 301 g/mol. The van der Waals surface area contributed by atoms with Crippen molar-refractivity contribution in [1.82, 2.24) is 4.98 Å². The summed E-state index contributed by atoms with van der Waals surface area (Å²) in [6.07, 6.45) is 1.61. The first-order chi connectivity index (χ1) is 10.6. The molecule has 0 aliphatic carbocycles. The van der Waals surface area contributed by atoms with Crippen molar-refractivity contribution in [3.8, 4) is 0 Å². The predicted octanol–water partition coefficient (Wildman–Crippen LogP) is 4.45. The summed E-state index contributed by atoms with van der Waals surface area (Å²) in [4.78, 5) is 15.6. The van der Waals surface area contributed by atoms with E-state index >= 15 is 0 Å². The van der Waals surface area contributed by atoms with Crippen LogP contribution >= 0.6 is 11.3 Å². The number of carboxylic acids is 1. The predicted molar refractivity (Wildman–Crippen MR) is 86.1 cm³/mol. The van der Waals surface area contributed by atoms with Crippen LogP contribution < -0.4 is 0 Å². The topological polar surface area (TPSA) is 50.2 Å². The van der Waals surface area contributed by atoms with Crippen molar-refractivity contribution in [3.05, 3.63) is 64.9 Å². The van der Waals surface area contributed by atoms with Gasteiger partial charge in [0.25, 0.3) is 0 Å². The molecule has 0 radical (unpaired) electrons. The fraction of sp³-hybridized carbons (Fsp3) is 0.0588. The molecule has 0 amide bonds. The Morgan fingerprint density at radius 2 is 1.91 bits per heavy atom. The molecule has 0 saturated heterocycles. The summed E-state index contributed by atoms with van der Waals surface area (Å²) < 4.78 is 14.0. The second kappa shape index (κ2) is 6.07. The molecule has 22 heavy (non-hydrogen) atoms. The number of carbonyl (C=O) groups is 1. The molecule has 0 fully saturated rings. The molecule has 3 rings (SSSR count). The number of nitrogens with zero attached hydrogens (tertiary/aromatic N) is 1. The minimum atomic E-state index is -0.924. The number of thiazole rings is 1. The third-order valence-corrected chi connectivity index (χ3v) is 4.23. The Bertz CT molecular complexity index is 819. The van der Waals surface area contributed by atoms with Crippen molar-refractivity contribution < 1.29 is 14.3 Å². The molecule has 1 aromatic heterocycles. The van der Waals surface area contributed by atoms with Crippen LogP contribution in [-0.2, 0) is 4.79 Å². The number of hydrogen-bond acceptors (Lipinski definition) is 3. The molecule has 0 atom stereocenters. The number of halogens is 1. The molecule has 0 aliphatic heterocycles. The van der Waals surface area contributed by atoms with Gasteiger partial charge in [-0.1, -0.05) is 24.3 Å². The van der Waals surface area contributed by atoms with E-state index in [1.165, 1.54) is 23.5 Å². The van der Waals surface area contributed by atoms with Gasteiger partial charge in [-0.3, -0.25) is 4.79 Å². The van der Waals surface area contributed by atoms with Gasteiger partial charge in [0.1, 0.15) is 10.8 Å². The van der Waals surface area contributed by atoms with Gasteiger partial charge in [0.05, 0.1) is 16.6 Å². The molecule has 0 bridgehead atoms. The van der Waals surface area contributed by atoms with E-state index < -0.39 is 5.97 Å². The number of hydrogen-bond donors (Lipinski definition) is 1. The zero-order valence-electron chi connectivity index (χ0n) is 11.5. The van der Waals surface area contributed by atoms with Crippen LogP contribution in [0.2, 0.25) is 0 Å². The molecule has 110 valence electrons. The van der Waals surface area contributed by atoms with Gasteiger partial charge < -0.3 is 5.11 Å². The van der Waals surface area contributed by atoms with E-state index in [0.717, 1.165) is 15.8 Å². The van der Waals surface area contributed by atoms with Crippen LogP contribution in [0.1, 0.15) is 17.0 Å². The molecule has 2 aromatic carbocycles. The number of carboxylic acid groups (broad SMARTS) is 1. The van der Waals surface area contributed by atoms with Crippen LogP contribution in [0.15, 0.2) is 48.5 Å². The molecule has 3 aromatic rings. The molecule has 0 spiro atoms. The maximum Gasteiger partial charge on any atom is 0.307 e. The maximum atomic E-state index is 13.0. The van der Waals surface area contributed by atoms with Gasteiger partial charge in [-0.2, -0.15) is 0 Å². The van der Waals surface area contributed by atoms with Gasteiger partial charge in [-0.05, 0) is 41.5 Å². The molecule has 0 saturated carbocycles. The first-order valence-electron chi connectivity index (χ1n) is 6.66. The van der Waals surface area contributed by atoms with Gasteiger partial charge in [0.2, 0.25) is 0 Å². The lowest BCUT2D eigenvalue weighted by atomic mass is 10.1. The van der Waals surface area contributed by atoms with Crippen LogP contribution in [0.4, 0.5) is 4.39 Å². The molecule has 1 N–H and O–H groups in total. The van der Waals surface area contributed by atoms with Crippen molar-refractivity contribution in [1.29, 1.82) is 0 Å². The average Bonchev–Trinajstić information content (AvgIpc) is 2.92. The van der Waals surface area contributed by atoms with E-state index in [1.807, 2.05) is 24.3 Å². The van der Waals surface area contributed by atoms with Gasteiger partial charge in [-0.25, -0.2) is 9.37 Å². The van der Waals surface area contributed by atoms with Crippen molar-refractivity contribution in [2.45, 2.75) is 6.42 Å². The number of rotatable bonds is 4. The van der Waals surface area contributed by atoms with Crippen molar-refractivity contribution >= 4 is 39.2 Å². The largest absolute Gasteiger partial charge is 0.481 e. The molecule has 1 heterocycles. The van der Waals surface area contributed by atoms with Crippen LogP contribution in [-0.4, -0.2) is 16.1 Å². The van der Waals surface area contributed by atoms with E-state index in [2.05, 4.69) is 4.98 Å². The van der Waals surface area contributed by atoms with Crippen LogP contribution in [0, 0.1) is 5.82 Å². The lowest BCUT2D eigenvalue weighted by Crippen LogP contribution is -1.97. The van der Waals surface area contributed by atoms with Crippen molar-refractivity contribution in [2.75, 3.05) is 0 Å². The van der Waals surface area contributed by atoms with E-state index in [-0.39, 0.29) is 12.2 Å². The van der Waals surface area contributed by atoms with E-state index in [1.54, 1.807) is 18.2 Å². The van der Waals surface area contributed by atoms with Crippen molar-refractivity contribution in [3.63, 3.8) is 0 Å². The number of aliphatic carboxylic acids is 1. The Balaban J connectivity index is 2.05. The highest BCUT2D eigenvalue weighted by molar-refractivity contribution is 7.19. The number of benzene rings is 2. The highest BCUT2D eigenvalue weighted by Gasteiger charge is 2.12. The lowest BCUT2D eigenvalue weighted by molar-refractivity contribution is -0.135. The number of para-hydroxylation sites is 1. The standard InChI is InChI=1S/C17H12FNO2S/c18-13-7-5-11(6-8-13)9-12(10-16(20)21)17-19-14-3-1-2-4-15(14)22-17/h1-9H,10H2,(H,20,21). The average molecular weight is 313 g/mol. The summed E-state index contributed by atoms with van der Waals surface area (Å²) in [6.45, 7) is 0. The van der Waals surface area contributed by atoms with Gasteiger partial charge >= 0.3 is 5.97 Å². The van der Waals surface area contributed by atoms with Crippen molar-refractivity contribution in [2.24, 2.45) is 0 Å². The number of fused-ring (bicyclic) bond motifs is 1. The summed E-state index contributed by atoms with van der Waals surface area (Å²) in [7, 11) is 0. The second-order valence-electron chi connectivity index (χ2n) is 4.78. The Labute approximate surface area is 130 Å². The monoisotopic (exact) mass is 313 g/mol. The molecule has 3 nitrogen and oxygen atoms in total. The smallest absolute Gasteiger partial charge is 0.307 e. The molecule has 5 heteroatoms. The zero-order chi connectivity index (χ0) is 15.5. The maximum absolute atomic E-state index is 13.0. The SMILES string of the molecule is O=C(O)CC(=Cc1ccc(F)cc1)c1nc2ccccc2s1. The first kappa shape index (κ1) is 14.4. The summed E-state index contributed by atoms with van der Waals surface area (Å²) in [5, 5.41) is 9.79. The molecule has 0 aliphatic rings. The van der Waals surface area contributed by atoms with E-state index in [0.29, 0.717) is 10.6 Å². The fourth-order valence-corrected chi connectivity index (χ4v) is 3.10. The Morgan fingerprint density at radius 3 is 2.59 bits per heavy atom. The summed E-state index contributed by atoms with van der Waals surface area (Å²) >= 11 is 1.45. The Hall–Kier alpha value is -2.53. The summed E-state index contributed by atoms with van der Waals surface area (Å²) in [6, 6.07) is 13.6.